The van der Waals surface area contributed by atoms with E-state index in [1.165, 1.54) is 6.92 Å². The van der Waals surface area contributed by atoms with Crippen LogP contribution in [0.3, 0.4) is 0 Å². The summed E-state index contributed by atoms with van der Waals surface area (Å²) in [4.78, 5) is 34.6. The van der Waals surface area contributed by atoms with Gasteiger partial charge in [0.05, 0.1) is 0 Å². The average Bonchev–Trinajstić information content (AvgIpc) is 2.31. The van der Waals surface area contributed by atoms with Crippen molar-refractivity contribution in [2.24, 2.45) is 11.7 Å². The minimum Gasteiger partial charge on any atom is -0.480 e. The molecule has 0 aromatic heterocycles. The number of carbonyl (C=O) groups is 3. The van der Waals surface area contributed by atoms with Gasteiger partial charge in [0.25, 0.3) is 0 Å². The first-order valence-corrected chi connectivity index (χ1v) is 7.03. The van der Waals surface area contributed by atoms with E-state index < -0.39 is 41.8 Å². The van der Waals surface area contributed by atoms with Gasteiger partial charge in [-0.05, 0) is 33.6 Å². The molecule has 3 atom stereocenters. The molecule has 0 saturated heterocycles. The van der Waals surface area contributed by atoms with E-state index in [4.69, 9.17) is 20.3 Å². The lowest BCUT2D eigenvalue weighted by Gasteiger charge is -2.26. The third-order valence-corrected chi connectivity index (χ3v) is 2.70. The molecule has 128 valence electrons. The number of rotatable bonds is 6. The predicted octanol–water partition coefficient (Wildman–Crippen LogP) is 0.879. The zero-order chi connectivity index (χ0) is 17.7. The standard InChI is InChI=1S/C14H26N2O6/c1-7(2)9(15)12(19)21-8(3)10(11(17)18)16-13(20)22-14(4,5)6/h7-10H,15H2,1-6H3,(H,16,20)(H,17,18)/t8-,9+,10+/m1/s1. The molecule has 0 unspecified atom stereocenters. The number of hydrogen-bond donors (Lipinski definition) is 3. The Hall–Kier alpha value is -1.83. The number of carboxylic acid groups (broad SMARTS) is 1. The molecule has 8 nitrogen and oxygen atoms in total. The summed E-state index contributed by atoms with van der Waals surface area (Å²) < 4.78 is 9.99. The number of nitrogens with one attached hydrogen (secondary N) is 1. The summed E-state index contributed by atoms with van der Waals surface area (Å²) in [5.41, 5.74) is 4.86. The van der Waals surface area contributed by atoms with E-state index in [9.17, 15) is 14.4 Å². The number of ether oxygens (including phenoxy) is 2. The highest BCUT2D eigenvalue weighted by molar-refractivity contribution is 5.82. The Morgan fingerprint density at radius 1 is 1.14 bits per heavy atom. The molecule has 0 heterocycles. The van der Waals surface area contributed by atoms with Crippen molar-refractivity contribution < 1.29 is 29.0 Å². The second-order valence-electron chi connectivity index (χ2n) is 6.37. The molecule has 0 fully saturated rings. The molecule has 0 radical (unpaired) electrons. The second-order valence-corrected chi connectivity index (χ2v) is 6.37. The molecular weight excluding hydrogens is 292 g/mol. The van der Waals surface area contributed by atoms with Gasteiger partial charge in [-0.3, -0.25) is 4.79 Å². The Balaban J connectivity index is 4.78. The summed E-state index contributed by atoms with van der Waals surface area (Å²) in [6.07, 6.45) is -2.00. The highest BCUT2D eigenvalue weighted by atomic mass is 16.6. The van der Waals surface area contributed by atoms with Crippen LogP contribution in [0.2, 0.25) is 0 Å². The Morgan fingerprint density at radius 3 is 2.00 bits per heavy atom. The molecule has 0 spiro atoms. The normalized spacial score (nSPS) is 15.6. The van der Waals surface area contributed by atoms with E-state index in [2.05, 4.69) is 5.32 Å². The second kappa shape index (κ2) is 7.98. The van der Waals surface area contributed by atoms with Gasteiger partial charge in [-0.2, -0.15) is 0 Å². The number of aliphatic carboxylic acids is 1. The van der Waals surface area contributed by atoms with Crippen LogP contribution >= 0.6 is 0 Å². The molecule has 1 amide bonds. The minimum atomic E-state index is -1.43. The van der Waals surface area contributed by atoms with E-state index in [0.717, 1.165) is 0 Å². The van der Waals surface area contributed by atoms with Gasteiger partial charge in [0.2, 0.25) is 0 Å². The molecule has 4 N–H and O–H groups in total. The molecule has 0 aliphatic heterocycles. The van der Waals surface area contributed by atoms with E-state index >= 15 is 0 Å². The minimum absolute atomic E-state index is 0.151. The van der Waals surface area contributed by atoms with Gasteiger partial charge in [0.15, 0.2) is 6.04 Å². The summed E-state index contributed by atoms with van der Waals surface area (Å²) in [5.74, 6) is -2.22. The van der Waals surface area contributed by atoms with Crippen molar-refractivity contribution in [3.8, 4) is 0 Å². The van der Waals surface area contributed by atoms with Crippen molar-refractivity contribution in [3.05, 3.63) is 0 Å². The lowest BCUT2D eigenvalue weighted by atomic mass is 10.1. The zero-order valence-corrected chi connectivity index (χ0v) is 13.9. The first-order chi connectivity index (χ1) is 9.85. The van der Waals surface area contributed by atoms with E-state index in [0.29, 0.717) is 0 Å². The van der Waals surface area contributed by atoms with Crippen molar-refractivity contribution in [1.29, 1.82) is 0 Å². The number of carbonyl (C=O) groups excluding carboxylic acids is 2. The predicted molar refractivity (Wildman–Crippen MR) is 79.2 cm³/mol. The van der Waals surface area contributed by atoms with Crippen LogP contribution in [-0.4, -0.2) is 46.9 Å². The van der Waals surface area contributed by atoms with Gasteiger partial charge in [-0.1, -0.05) is 13.8 Å². The maximum Gasteiger partial charge on any atom is 0.408 e. The van der Waals surface area contributed by atoms with Gasteiger partial charge in [-0.15, -0.1) is 0 Å². The molecule has 0 bridgehead atoms. The van der Waals surface area contributed by atoms with E-state index in [1.807, 2.05) is 0 Å². The molecule has 0 aliphatic carbocycles. The highest BCUT2D eigenvalue weighted by Crippen LogP contribution is 2.09. The molecule has 0 rings (SSSR count). The summed E-state index contributed by atoms with van der Waals surface area (Å²) in [6.45, 7) is 9.78. The fraction of sp³-hybridized carbons (Fsp3) is 0.786. The van der Waals surface area contributed by atoms with E-state index in [1.54, 1.807) is 34.6 Å². The average molecular weight is 318 g/mol. The van der Waals surface area contributed by atoms with Crippen LogP contribution in [-0.2, 0) is 19.1 Å². The van der Waals surface area contributed by atoms with Crippen LogP contribution in [0, 0.1) is 5.92 Å². The van der Waals surface area contributed by atoms with Gasteiger partial charge >= 0.3 is 18.0 Å². The Kier molecular flexibility index (Phi) is 7.31. The maximum atomic E-state index is 11.8. The quantitative estimate of drug-likeness (QED) is 0.620. The Labute approximate surface area is 130 Å². The van der Waals surface area contributed by atoms with Crippen molar-refractivity contribution >= 4 is 18.0 Å². The molecule has 8 heteroatoms. The molecule has 0 saturated carbocycles. The van der Waals surface area contributed by atoms with Crippen LogP contribution in [0.15, 0.2) is 0 Å². The molecule has 22 heavy (non-hydrogen) atoms. The number of carboxylic acids is 1. The van der Waals surface area contributed by atoms with Gasteiger partial charge in [0, 0.05) is 0 Å². The van der Waals surface area contributed by atoms with Crippen LogP contribution < -0.4 is 11.1 Å². The summed E-state index contributed by atoms with van der Waals surface area (Å²) in [5, 5.41) is 11.3. The molecule has 0 aliphatic rings. The van der Waals surface area contributed by atoms with Crippen molar-refractivity contribution in [2.75, 3.05) is 0 Å². The molecule has 0 aromatic rings. The number of amides is 1. The van der Waals surface area contributed by atoms with Gasteiger partial charge < -0.3 is 25.6 Å². The number of hydrogen-bond acceptors (Lipinski definition) is 6. The summed E-state index contributed by atoms with van der Waals surface area (Å²) >= 11 is 0. The highest BCUT2D eigenvalue weighted by Gasteiger charge is 2.32. The lowest BCUT2D eigenvalue weighted by molar-refractivity contribution is -0.156. The third-order valence-electron chi connectivity index (χ3n) is 2.70. The first kappa shape index (κ1) is 20.2. The summed E-state index contributed by atoms with van der Waals surface area (Å²) in [6, 6.07) is -2.29. The largest absolute Gasteiger partial charge is 0.480 e. The monoisotopic (exact) mass is 318 g/mol. The lowest BCUT2D eigenvalue weighted by Crippen LogP contribution is -2.51. The van der Waals surface area contributed by atoms with Crippen LogP contribution in [0.25, 0.3) is 0 Å². The van der Waals surface area contributed by atoms with Crippen molar-refractivity contribution in [2.45, 2.75) is 65.3 Å². The molecule has 0 aromatic carbocycles. The third kappa shape index (κ3) is 7.26. The fourth-order valence-corrected chi connectivity index (χ4v) is 1.42. The maximum absolute atomic E-state index is 11.8. The smallest absolute Gasteiger partial charge is 0.408 e. The number of nitrogens with two attached hydrogens (primary N) is 1. The Morgan fingerprint density at radius 2 is 1.64 bits per heavy atom. The SMILES string of the molecule is CC(C)[C@H](N)C(=O)O[C@H](C)[C@H](NC(=O)OC(C)(C)C)C(=O)O. The number of esters is 1. The Bertz CT molecular complexity index is 416. The molecular formula is C14H26N2O6. The van der Waals surface area contributed by atoms with Gasteiger partial charge in [0.1, 0.15) is 17.7 Å². The van der Waals surface area contributed by atoms with Gasteiger partial charge in [-0.25, -0.2) is 9.59 Å². The fourth-order valence-electron chi connectivity index (χ4n) is 1.42. The van der Waals surface area contributed by atoms with E-state index in [-0.39, 0.29) is 5.92 Å². The van der Waals surface area contributed by atoms with Crippen molar-refractivity contribution in [3.63, 3.8) is 0 Å². The zero-order valence-electron chi connectivity index (χ0n) is 13.9. The van der Waals surface area contributed by atoms with Crippen molar-refractivity contribution in [1.82, 2.24) is 5.32 Å². The summed E-state index contributed by atoms with van der Waals surface area (Å²) in [7, 11) is 0. The van der Waals surface area contributed by atoms with Crippen LogP contribution in [0.4, 0.5) is 4.79 Å². The number of alkyl carbamates (subject to hydrolysis) is 1. The van der Waals surface area contributed by atoms with Crippen LogP contribution in [0.1, 0.15) is 41.5 Å². The first-order valence-electron chi connectivity index (χ1n) is 7.03. The topological polar surface area (TPSA) is 128 Å². The van der Waals surface area contributed by atoms with Crippen LogP contribution in [0.5, 0.6) is 0 Å².